The maximum atomic E-state index is 11.7. The fourth-order valence-corrected chi connectivity index (χ4v) is 1.91. The van der Waals surface area contributed by atoms with Crippen LogP contribution in [0.2, 0.25) is 0 Å². The third-order valence-electron chi connectivity index (χ3n) is 2.98. The molecule has 0 unspecified atom stereocenters. The van der Waals surface area contributed by atoms with Crippen LogP contribution in [0.4, 0.5) is 5.69 Å². The molecule has 0 radical (unpaired) electrons. The standard InChI is InChI=1S/C14H15NO5/c1-19-13(17)4-2-3-12(16)15-10-6-5-9-8-20-14(18)11(9)7-10/h5-7H,2-4,8H2,1H3,(H,15,16). The number of hydrogen-bond acceptors (Lipinski definition) is 5. The number of amides is 1. The molecule has 1 aromatic carbocycles. The van der Waals surface area contributed by atoms with Crippen molar-refractivity contribution in [3.8, 4) is 0 Å². The van der Waals surface area contributed by atoms with Gasteiger partial charge in [0, 0.05) is 24.1 Å². The quantitative estimate of drug-likeness (QED) is 0.827. The Labute approximate surface area is 116 Å². The summed E-state index contributed by atoms with van der Waals surface area (Å²) in [6, 6.07) is 5.08. The highest BCUT2D eigenvalue weighted by atomic mass is 16.5. The molecule has 1 aromatic rings. The second-order valence-electron chi connectivity index (χ2n) is 4.43. The summed E-state index contributed by atoms with van der Waals surface area (Å²) in [5, 5.41) is 2.69. The van der Waals surface area contributed by atoms with Gasteiger partial charge in [-0.3, -0.25) is 9.59 Å². The van der Waals surface area contributed by atoms with E-state index in [-0.39, 0.29) is 37.3 Å². The van der Waals surface area contributed by atoms with Crippen molar-refractivity contribution in [1.82, 2.24) is 0 Å². The van der Waals surface area contributed by atoms with Crippen LogP contribution in [0.15, 0.2) is 18.2 Å². The van der Waals surface area contributed by atoms with E-state index in [1.165, 1.54) is 7.11 Å². The second kappa shape index (κ2) is 6.18. The molecule has 0 saturated heterocycles. The molecule has 6 heteroatoms. The lowest BCUT2D eigenvalue weighted by atomic mass is 10.1. The predicted molar refractivity (Wildman–Crippen MR) is 70.1 cm³/mol. The lowest BCUT2D eigenvalue weighted by Crippen LogP contribution is -2.12. The molecule has 1 aliphatic heterocycles. The van der Waals surface area contributed by atoms with Gasteiger partial charge < -0.3 is 14.8 Å². The van der Waals surface area contributed by atoms with Crippen molar-refractivity contribution in [3.63, 3.8) is 0 Å². The number of cyclic esters (lactones) is 1. The Hall–Kier alpha value is -2.37. The molecule has 0 aliphatic carbocycles. The molecular formula is C14H15NO5. The summed E-state index contributed by atoms with van der Waals surface area (Å²) >= 11 is 0. The highest BCUT2D eigenvalue weighted by molar-refractivity contribution is 5.97. The molecule has 0 saturated carbocycles. The molecular weight excluding hydrogens is 262 g/mol. The number of carbonyl (C=O) groups is 3. The first-order valence-electron chi connectivity index (χ1n) is 6.27. The summed E-state index contributed by atoms with van der Waals surface area (Å²) in [5.74, 6) is -0.917. The zero-order chi connectivity index (χ0) is 14.5. The van der Waals surface area contributed by atoms with E-state index in [1.807, 2.05) is 0 Å². The summed E-state index contributed by atoms with van der Waals surface area (Å²) in [4.78, 5) is 34.0. The molecule has 1 aliphatic rings. The minimum absolute atomic E-state index is 0.208. The molecule has 1 heterocycles. The van der Waals surface area contributed by atoms with E-state index in [4.69, 9.17) is 4.74 Å². The van der Waals surface area contributed by atoms with Crippen molar-refractivity contribution in [3.05, 3.63) is 29.3 Å². The number of hydrogen-bond donors (Lipinski definition) is 1. The van der Waals surface area contributed by atoms with Crippen LogP contribution in [0, 0.1) is 0 Å². The van der Waals surface area contributed by atoms with Crippen LogP contribution in [0.25, 0.3) is 0 Å². The molecule has 2 rings (SSSR count). The van der Waals surface area contributed by atoms with Crippen molar-refractivity contribution in [2.45, 2.75) is 25.9 Å². The minimum atomic E-state index is -0.373. The van der Waals surface area contributed by atoms with E-state index in [1.54, 1.807) is 18.2 Å². The molecule has 0 bridgehead atoms. The van der Waals surface area contributed by atoms with Gasteiger partial charge in [-0.25, -0.2) is 4.79 Å². The van der Waals surface area contributed by atoms with Crippen molar-refractivity contribution >= 4 is 23.5 Å². The number of benzene rings is 1. The monoisotopic (exact) mass is 277 g/mol. The van der Waals surface area contributed by atoms with Crippen LogP contribution in [-0.2, 0) is 25.7 Å². The number of methoxy groups -OCH3 is 1. The average Bonchev–Trinajstić information content (AvgIpc) is 2.80. The topological polar surface area (TPSA) is 81.7 Å². The molecule has 1 N–H and O–H groups in total. The Kier molecular flexibility index (Phi) is 4.34. The van der Waals surface area contributed by atoms with Crippen molar-refractivity contribution in [2.75, 3.05) is 12.4 Å². The minimum Gasteiger partial charge on any atom is -0.469 e. The predicted octanol–water partition coefficient (Wildman–Crippen LogP) is 1.64. The van der Waals surface area contributed by atoms with Gasteiger partial charge in [-0.1, -0.05) is 6.07 Å². The van der Waals surface area contributed by atoms with Gasteiger partial charge in [0.05, 0.1) is 12.7 Å². The molecule has 6 nitrogen and oxygen atoms in total. The number of carbonyl (C=O) groups excluding carboxylic acids is 3. The summed E-state index contributed by atoms with van der Waals surface area (Å²) in [6.45, 7) is 0.279. The van der Waals surface area contributed by atoms with E-state index in [9.17, 15) is 14.4 Å². The molecule has 106 valence electrons. The number of esters is 2. The van der Waals surface area contributed by atoms with Crippen molar-refractivity contribution in [2.24, 2.45) is 0 Å². The summed E-state index contributed by atoms with van der Waals surface area (Å²) in [5.41, 5.74) is 1.85. The highest BCUT2D eigenvalue weighted by Gasteiger charge is 2.21. The van der Waals surface area contributed by atoms with Crippen LogP contribution >= 0.6 is 0 Å². The van der Waals surface area contributed by atoms with Gasteiger partial charge in [-0.05, 0) is 18.6 Å². The molecule has 0 atom stereocenters. The van der Waals surface area contributed by atoms with Crippen LogP contribution < -0.4 is 5.32 Å². The van der Waals surface area contributed by atoms with Crippen molar-refractivity contribution in [1.29, 1.82) is 0 Å². The van der Waals surface area contributed by atoms with Gasteiger partial charge >= 0.3 is 11.9 Å². The van der Waals surface area contributed by atoms with Crippen LogP contribution in [0.5, 0.6) is 0 Å². The molecule has 0 aromatic heterocycles. The smallest absolute Gasteiger partial charge is 0.338 e. The van der Waals surface area contributed by atoms with E-state index in [0.29, 0.717) is 17.7 Å². The zero-order valence-corrected chi connectivity index (χ0v) is 11.1. The molecule has 20 heavy (non-hydrogen) atoms. The SMILES string of the molecule is COC(=O)CCCC(=O)Nc1ccc2c(c1)C(=O)OC2. The number of fused-ring (bicyclic) bond motifs is 1. The van der Waals surface area contributed by atoms with Gasteiger partial charge in [0.1, 0.15) is 6.61 Å². The Bertz CT molecular complexity index is 552. The molecule has 0 spiro atoms. The summed E-state index contributed by atoms with van der Waals surface area (Å²) in [7, 11) is 1.31. The van der Waals surface area contributed by atoms with Crippen LogP contribution in [0.1, 0.15) is 35.2 Å². The van der Waals surface area contributed by atoms with Crippen molar-refractivity contribution < 1.29 is 23.9 Å². The van der Waals surface area contributed by atoms with E-state index in [2.05, 4.69) is 10.1 Å². The highest BCUT2D eigenvalue weighted by Crippen LogP contribution is 2.23. The van der Waals surface area contributed by atoms with E-state index < -0.39 is 0 Å². The number of nitrogens with one attached hydrogen (secondary N) is 1. The first-order valence-corrected chi connectivity index (χ1v) is 6.27. The number of ether oxygens (including phenoxy) is 2. The van der Waals surface area contributed by atoms with Crippen LogP contribution in [0.3, 0.4) is 0 Å². The fourth-order valence-electron chi connectivity index (χ4n) is 1.91. The third-order valence-corrected chi connectivity index (χ3v) is 2.98. The normalized spacial score (nSPS) is 12.6. The zero-order valence-electron chi connectivity index (χ0n) is 11.1. The van der Waals surface area contributed by atoms with Gasteiger partial charge in [0.25, 0.3) is 0 Å². The second-order valence-corrected chi connectivity index (χ2v) is 4.43. The first kappa shape index (κ1) is 14.0. The van der Waals surface area contributed by atoms with Crippen LogP contribution in [-0.4, -0.2) is 25.0 Å². The lowest BCUT2D eigenvalue weighted by Gasteiger charge is -2.06. The molecule has 1 amide bonds. The fraction of sp³-hybridized carbons (Fsp3) is 0.357. The Morgan fingerprint density at radius 3 is 2.90 bits per heavy atom. The van der Waals surface area contributed by atoms with Gasteiger partial charge in [-0.15, -0.1) is 0 Å². The summed E-state index contributed by atoms with van der Waals surface area (Å²) < 4.78 is 9.37. The molecule has 0 fully saturated rings. The van der Waals surface area contributed by atoms with E-state index in [0.717, 1.165) is 5.56 Å². The summed E-state index contributed by atoms with van der Waals surface area (Å²) in [6.07, 6.45) is 0.850. The maximum Gasteiger partial charge on any atom is 0.338 e. The van der Waals surface area contributed by atoms with Gasteiger partial charge in [0.15, 0.2) is 0 Å². The number of anilines is 1. The van der Waals surface area contributed by atoms with Gasteiger partial charge in [-0.2, -0.15) is 0 Å². The Morgan fingerprint density at radius 2 is 2.15 bits per heavy atom. The maximum absolute atomic E-state index is 11.7. The Morgan fingerprint density at radius 1 is 1.35 bits per heavy atom. The third kappa shape index (κ3) is 3.34. The van der Waals surface area contributed by atoms with E-state index >= 15 is 0 Å². The average molecular weight is 277 g/mol. The number of rotatable bonds is 5. The first-order chi connectivity index (χ1) is 9.60. The lowest BCUT2D eigenvalue weighted by molar-refractivity contribution is -0.140. The van der Waals surface area contributed by atoms with Gasteiger partial charge in [0.2, 0.25) is 5.91 Å². The largest absolute Gasteiger partial charge is 0.469 e. The Balaban J connectivity index is 1.87.